The van der Waals surface area contributed by atoms with Crippen LogP contribution in [0.4, 0.5) is 0 Å². The van der Waals surface area contributed by atoms with Crippen LogP contribution < -0.4 is 0 Å². The number of aromatic nitrogens is 4. The number of furan rings is 1. The summed E-state index contributed by atoms with van der Waals surface area (Å²) >= 11 is 1.83. The van der Waals surface area contributed by atoms with Gasteiger partial charge in [0, 0.05) is 73.0 Å². The number of rotatable bonds is 2. The minimum atomic E-state index is -0.630. The van der Waals surface area contributed by atoms with Gasteiger partial charge in [-0.3, -0.25) is 4.57 Å². The Labute approximate surface area is 336 Å². The monoisotopic (exact) mass is 732 g/mol. The molecule has 13 aromatic rings. The Balaban J connectivity index is 1.15. The van der Waals surface area contributed by atoms with Gasteiger partial charge in [0.1, 0.15) is 17.4 Å². The molecule has 0 spiro atoms. The van der Waals surface area contributed by atoms with Crippen LogP contribution in [-0.4, -0.2) is 19.1 Å². The van der Waals surface area contributed by atoms with E-state index in [2.05, 4.69) is 9.97 Å². The summed E-state index contributed by atoms with van der Waals surface area (Å²) in [4.78, 5) is 9.14. The molecule has 0 bridgehead atoms. The molecule has 0 aliphatic heterocycles. The van der Waals surface area contributed by atoms with Crippen molar-refractivity contribution in [3.05, 3.63) is 145 Å². The van der Waals surface area contributed by atoms with Crippen LogP contribution >= 0.6 is 22.7 Å². The predicted octanol–water partition coefficient (Wildman–Crippen LogP) is 13.3. The lowest BCUT2D eigenvalue weighted by molar-refractivity contribution is 0.662. The second kappa shape index (κ2) is 10.1. The third kappa shape index (κ3) is 3.60. The second-order valence-electron chi connectivity index (χ2n) is 12.2. The Morgan fingerprint density at radius 3 is 1.74 bits per heavy atom. The lowest BCUT2D eigenvalue weighted by Crippen LogP contribution is -1.98. The number of hydrogen-bond donors (Lipinski definition) is 0. The van der Waals surface area contributed by atoms with Gasteiger partial charge >= 0.3 is 0 Å². The lowest BCUT2D eigenvalue weighted by atomic mass is 10.1. The summed E-state index contributed by atoms with van der Waals surface area (Å²) in [6.45, 7) is 0. The molecule has 53 heavy (non-hydrogen) atoms. The number of nitrogens with zero attached hydrogens (tertiary/aromatic N) is 4. The molecule has 246 valence electrons. The van der Waals surface area contributed by atoms with E-state index in [-0.39, 0.29) is 130 Å². The van der Waals surface area contributed by atoms with E-state index in [9.17, 15) is 11.0 Å². The fourth-order valence-corrected chi connectivity index (χ4v) is 9.70. The van der Waals surface area contributed by atoms with Gasteiger partial charge in [0.2, 0.25) is 0 Å². The van der Waals surface area contributed by atoms with Crippen molar-refractivity contribution in [2.24, 2.45) is 0 Å². The quantitative estimate of drug-likeness (QED) is 0.178. The number of thiophene rings is 2. The Morgan fingerprint density at radius 1 is 0.509 bits per heavy atom. The molecule has 5 nitrogen and oxygen atoms in total. The van der Waals surface area contributed by atoms with Crippen LogP contribution in [0, 0.1) is 0 Å². The predicted molar refractivity (Wildman–Crippen MR) is 224 cm³/mol. The van der Waals surface area contributed by atoms with Gasteiger partial charge in [0.25, 0.3) is 0 Å². The number of para-hydroxylation sites is 2. The lowest BCUT2D eigenvalue weighted by Gasteiger charge is -2.08. The molecule has 13 rings (SSSR count). The van der Waals surface area contributed by atoms with Gasteiger partial charge in [-0.15, -0.1) is 22.7 Å². The SMILES string of the molecule is [2H]c1c([2H])c([2H])c2c(sc3c2c([2H])c([2H])c2c3c3c([2H])c([2H])c([2H])c([2H])c3n2-c2ccc3oc4c(-n5c6c([2H])c([2H])c([2H])c([2H])c6c6c7sc8c([2H])c([2H])c([2H])c([2H])c8c7c([2H])c([2H])c65)ncnc4c3c2)c1[2H]. The number of benzene rings is 7. The average Bonchev–Trinajstić information content (AvgIpc) is 4.23. The molecular formula is C46H24N4OS2. The van der Waals surface area contributed by atoms with Crippen molar-refractivity contribution >= 4 is 129 Å². The van der Waals surface area contributed by atoms with Crippen molar-refractivity contribution in [3.8, 4) is 11.5 Å². The fourth-order valence-electron chi connectivity index (χ4n) is 7.47. The van der Waals surface area contributed by atoms with Crippen LogP contribution in [0.2, 0.25) is 0 Å². The molecule has 7 aromatic carbocycles. The highest BCUT2D eigenvalue weighted by Gasteiger charge is 2.23. The minimum Gasteiger partial charge on any atom is -0.450 e. The van der Waals surface area contributed by atoms with Crippen molar-refractivity contribution in [2.45, 2.75) is 0 Å². The van der Waals surface area contributed by atoms with E-state index in [4.69, 9.17) is 20.9 Å². The highest BCUT2D eigenvalue weighted by atomic mass is 32.1. The Morgan fingerprint density at radius 2 is 1.08 bits per heavy atom. The van der Waals surface area contributed by atoms with E-state index in [0.29, 0.717) is 0 Å². The molecule has 0 amide bonds. The smallest absolute Gasteiger partial charge is 0.197 e. The zero-order valence-electron chi connectivity index (χ0n) is 46.3. The van der Waals surface area contributed by atoms with Crippen LogP contribution in [-0.2, 0) is 0 Å². The third-order valence-corrected chi connectivity index (χ3v) is 11.9. The van der Waals surface area contributed by atoms with Crippen LogP contribution in [0.5, 0.6) is 0 Å². The van der Waals surface area contributed by atoms with E-state index >= 15 is 0 Å². The van der Waals surface area contributed by atoms with E-state index in [1.807, 2.05) is 0 Å². The van der Waals surface area contributed by atoms with Crippen molar-refractivity contribution in [1.82, 2.24) is 19.1 Å². The largest absolute Gasteiger partial charge is 0.450 e. The minimum absolute atomic E-state index is 0.00251. The Kier molecular flexibility index (Phi) is 2.96. The normalized spacial score (nSPS) is 17.8. The second-order valence-corrected chi connectivity index (χ2v) is 14.3. The van der Waals surface area contributed by atoms with Crippen LogP contribution in [0.15, 0.2) is 150 Å². The molecule has 0 fully saturated rings. The average molecular weight is 733 g/mol. The number of hydrogen-bond acceptors (Lipinski definition) is 5. The molecule has 0 aliphatic carbocycles. The molecule has 6 aromatic heterocycles. The summed E-state index contributed by atoms with van der Waals surface area (Å²) in [5.74, 6) is -0.120. The van der Waals surface area contributed by atoms with Gasteiger partial charge < -0.3 is 8.98 Å². The summed E-state index contributed by atoms with van der Waals surface area (Å²) in [6, 6.07) is -5.27. The van der Waals surface area contributed by atoms with Crippen LogP contribution in [0.1, 0.15) is 27.4 Å². The van der Waals surface area contributed by atoms with Gasteiger partial charge in [-0.05, 0) is 54.5 Å². The molecule has 0 aliphatic rings. The van der Waals surface area contributed by atoms with Gasteiger partial charge in [-0.25, -0.2) is 9.97 Å². The molecule has 0 saturated heterocycles. The molecule has 7 heteroatoms. The molecule has 0 atom stereocenters. The highest BCUT2D eigenvalue weighted by molar-refractivity contribution is 7.27. The highest BCUT2D eigenvalue weighted by Crippen LogP contribution is 2.46. The van der Waals surface area contributed by atoms with Crippen molar-refractivity contribution in [3.63, 3.8) is 0 Å². The van der Waals surface area contributed by atoms with Gasteiger partial charge in [-0.2, -0.15) is 0 Å². The summed E-state index contributed by atoms with van der Waals surface area (Å²) in [5, 5.41) is 0.403. The summed E-state index contributed by atoms with van der Waals surface area (Å²) in [5.41, 5.74) is 0.0900. The van der Waals surface area contributed by atoms with E-state index in [1.54, 1.807) is 12.1 Å². The zero-order valence-corrected chi connectivity index (χ0v) is 28.0. The molecule has 0 radical (unpaired) electrons. The topological polar surface area (TPSA) is 48.8 Å². The van der Waals surface area contributed by atoms with E-state index < -0.39 is 109 Å². The Hall–Kier alpha value is -6.54. The van der Waals surface area contributed by atoms with Gasteiger partial charge in [-0.1, -0.05) is 84.6 Å². The molecular weight excluding hydrogens is 689 g/mol. The van der Waals surface area contributed by atoms with E-state index in [0.717, 1.165) is 29.0 Å². The number of fused-ring (bicyclic) bond motifs is 17. The molecule has 0 N–H and O–H groups in total. The summed E-state index contributed by atoms with van der Waals surface area (Å²) in [7, 11) is 0. The first-order valence-corrected chi connectivity index (χ1v) is 17.7. The third-order valence-electron chi connectivity index (χ3n) is 9.62. The van der Waals surface area contributed by atoms with Crippen molar-refractivity contribution in [2.75, 3.05) is 0 Å². The van der Waals surface area contributed by atoms with Crippen molar-refractivity contribution in [1.29, 1.82) is 0 Å². The van der Waals surface area contributed by atoms with E-state index in [1.165, 1.54) is 15.2 Å². The maximum atomic E-state index is 9.54. The summed E-state index contributed by atoms with van der Waals surface area (Å²) < 4.78 is 188. The molecule has 6 heterocycles. The first-order chi connectivity index (χ1) is 34.6. The van der Waals surface area contributed by atoms with Gasteiger partial charge in [0.15, 0.2) is 11.4 Å². The van der Waals surface area contributed by atoms with Crippen molar-refractivity contribution < 1.29 is 31.8 Å². The first-order valence-electron chi connectivity index (χ1n) is 26.0. The standard InChI is InChI=1S/C46H24N4OS2/c1-5-13-33-30(11-1)40-35(20-18-28-26-9-3-7-15-38(26)52-44(28)40)49(33)25-17-22-37-32(23-25)42-43(51-37)46(48-24-47-42)50-34-14-6-2-12-31(34)41-36(50)21-19-29-27-10-4-8-16-39(27)53-45(29)41/h1-24H/i1D,2D,3D,4D,5D,6D,7D,8D,9D,10D,11D,12D,13D,14D,15D,16D,18D,19D,20D,21D. The van der Waals surface area contributed by atoms with Crippen LogP contribution in [0.25, 0.3) is 118 Å². The Bertz CT molecular complexity index is 4880. The maximum Gasteiger partial charge on any atom is 0.197 e. The fraction of sp³-hybridized carbons (Fsp3) is 0. The van der Waals surface area contributed by atoms with Crippen LogP contribution in [0.3, 0.4) is 0 Å². The molecule has 0 saturated carbocycles. The zero-order chi connectivity index (χ0) is 51.8. The molecule has 0 unspecified atom stereocenters. The maximum absolute atomic E-state index is 9.54. The first kappa shape index (κ1) is 15.6. The summed E-state index contributed by atoms with van der Waals surface area (Å²) in [6.07, 6.45) is 1.16. The van der Waals surface area contributed by atoms with Gasteiger partial charge in [0.05, 0.1) is 49.5 Å².